The van der Waals surface area contributed by atoms with E-state index in [4.69, 9.17) is 18.9 Å². The Hall–Kier alpha value is -4.88. The zero-order valence-corrected chi connectivity index (χ0v) is 29.0. The van der Waals surface area contributed by atoms with Crippen LogP contribution < -0.4 is 0 Å². The summed E-state index contributed by atoms with van der Waals surface area (Å²) in [6, 6.07) is 60.9. The topological polar surface area (TPSA) is 57.2 Å². The third-order valence-corrected chi connectivity index (χ3v) is 9.05. The van der Waals surface area contributed by atoms with Gasteiger partial charge in [-0.05, 0) is 40.3 Å². The van der Waals surface area contributed by atoms with E-state index in [1.54, 1.807) is 6.92 Å². The molecule has 0 saturated heterocycles. The van der Waals surface area contributed by atoms with Gasteiger partial charge in [-0.1, -0.05) is 182 Å². The fourth-order valence-electron chi connectivity index (χ4n) is 6.45. The Labute approximate surface area is 302 Å². The Balaban J connectivity index is 1.41. The third kappa shape index (κ3) is 9.47. The predicted octanol–water partition coefficient (Wildman–Crippen LogP) is 9.13. The van der Waals surface area contributed by atoms with Crippen LogP contribution in [0.4, 0.5) is 0 Å². The Bertz CT molecular complexity index is 1720. The van der Waals surface area contributed by atoms with Crippen molar-refractivity contribution in [3.05, 3.63) is 215 Å². The quantitative estimate of drug-likeness (QED) is 0.0920. The van der Waals surface area contributed by atoms with Gasteiger partial charge in [0, 0.05) is 0 Å². The van der Waals surface area contributed by atoms with Crippen LogP contribution in [0.2, 0.25) is 0 Å². The van der Waals surface area contributed by atoms with Gasteiger partial charge in [-0.25, -0.2) is 0 Å². The van der Waals surface area contributed by atoms with Gasteiger partial charge < -0.3 is 24.1 Å². The lowest BCUT2D eigenvalue weighted by molar-refractivity contribution is -0.194. The normalized spacial score (nSPS) is 14.0. The van der Waals surface area contributed by atoms with Crippen LogP contribution in [0.1, 0.15) is 40.3 Å². The lowest BCUT2D eigenvalue weighted by atomic mass is 9.80. The van der Waals surface area contributed by atoms with Gasteiger partial charge in [-0.15, -0.1) is 0 Å². The van der Waals surface area contributed by atoms with Crippen LogP contribution in [0, 0.1) is 0 Å². The summed E-state index contributed by atoms with van der Waals surface area (Å²) in [6.07, 6.45) is -2.98. The van der Waals surface area contributed by atoms with Crippen molar-refractivity contribution in [2.75, 3.05) is 6.61 Å². The molecule has 0 fully saturated rings. The molecule has 1 N–H and O–H groups in total. The molecule has 0 amide bonds. The van der Waals surface area contributed by atoms with Crippen LogP contribution in [0.5, 0.6) is 0 Å². The van der Waals surface area contributed by atoms with E-state index in [1.165, 1.54) is 0 Å². The molecule has 0 heterocycles. The number of aliphatic hydroxyl groups excluding tert-OH is 1. The summed E-state index contributed by atoms with van der Waals surface area (Å²) >= 11 is 0. The van der Waals surface area contributed by atoms with Crippen molar-refractivity contribution < 1.29 is 24.1 Å². The van der Waals surface area contributed by atoms with E-state index in [-0.39, 0.29) is 6.61 Å². The maximum atomic E-state index is 11.4. The van der Waals surface area contributed by atoms with Crippen molar-refractivity contribution in [1.82, 2.24) is 0 Å². The van der Waals surface area contributed by atoms with Gasteiger partial charge in [0.2, 0.25) is 0 Å². The van der Waals surface area contributed by atoms with E-state index in [2.05, 4.69) is 36.4 Å². The largest absolute Gasteiger partial charge is 0.391 e. The molecule has 6 rings (SSSR count). The highest BCUT2D eigenvalue weighted by Gasteiger charge is 2.41. The number of hydrogen-bond donors (Lipinski definition) is 1. The molecule has 6 aromatic rings. The number of aliphatic hydroxyl groups is 1. The van der Waals surface area contributed by atoms with Crippen molar-refractivity contribution in [1.29, 1.82) is 0 Å². The fourth-order valence-corrected chi connectivity index (χ4v) is 6.45. The second-order valence-corrected chi connectivity index (χ2v) is 12.7. The molecule has 0 saturated carbocycles. The summed E-state index contributed by atoms with van der Waals surface area (Å²) in [5.74, 6) is 0. The Morgan fingerprint density at radius 3 is 1.10 bits per heavy atom. The van der Waals surface area contributed by atoms with Gasteiger partial charge in [-0.2, -0.15) is 0 Å². The van der Waals surface area contributed by atoms with Gasteiger partial charge >= 0.3 is 0 Å². The minimum absolute atomic E-state index is 0.128. The second kappa shape index (κ2) is 18.4. The highest BCUT2D eigenvalue weighted by molar-refractivity contribution is 5.47. The standard InChI is InChI=1S/C46H46O5/c1-36(47)44(49-33-38-22-10-3-11-23-38)45(50-34-39-24-12-4-13-25-39)43(48-32-37-20-8-2-9-21-37)35-51-46(40-26-14-5-15-27-40,41-28-16-6-17-29-41)42-30-18-7-19-31-42/h2-31,36,43-45,47H,32-35H2,1H3/t36-,43-,44-,45-/m0/s1. The van der Waals surface area contributed by atoms with Crippen LogP contribution in [0.3, 0.4) is 0 Å². The average molecular weight is 679 g/mol. The smallest absolute Gasteiger partial charge is 0.143 e. The lowest BCUT2D eigenvalue weighted by Crippen LogP contribution is -2.50. The van der Waals surface area contributed by atoms with Crippen LogP contribution in [0.25, 0.3) is 0 Å². The Morgan fingerprint density at radius 2 is 0.745 bits per heavy atom. The SMILES string of the molecule is C[C@H](O)[C@H](OCc1ccccc1)[C@@H](OCc1ccccc1)[C@H](COC(c1ccccc1)(c1ccccc1)c1ccccc1)OCc1ccccc1. The maximum Gasteiger partial charge on any atom is 0.143 e. The molecule has 5 nitrogen and oxygen atoms in total. The first-order valence-corrected chi connectivity index (χ1v) is 17.6. The number of ether oxygens (including phenoxy) is 4. The minimum atomic E-state index is -0.979. The zero-order valence-electron chi connectivity index (χ0n) is 29.0. The van der Waals surface area contributed by atoms with Crippen LogP contribution in [-0.4, -0.2) is 36.1 Å². The molecule has 0 aliphatic heterocycles. The summed E-state index contributed by atoms with van der Waals surface area (Å²) < 4.78 is 27.5. The molecular formula is C46H46O5. The molecule has 4 atom stereocenters. The van der Waals surface area contributed by atoms with Crippen LogP contribution in [-0.2, 0) is 44.4 Å². The summed E-state index contributed by atoms with van der Waals surface area (Å²) in [5, 5.41) is 11.4. The van der Waals surface area contributed by atoms with Crippen molar-refractivity contribution in [2.24, 2.45) is 0 Å². The van der Waals surface area contributed by atoms with Crippen molar-refractivity contribution in [3.63, 3.8) is 0 Å². The molecule has 0 aliphatic rings. The number of rotatable bonds is 18. The molecule has 0 spiro atoms. The predicted molar refractivity (Wildman–Crippen MR) is 202 cm³/mol. The summed E-state index contributed by atoms with van der Waals surface area (Å²) in [4.78, 5) is 0. The minimum Gasteiger partial charge on any atom is -0.391 e. The lowest BCUT2D eigenvalue weighted by Gasteiger charge is -2.40. The molecule has 0 aromatic heterocycles. The highest BCUT2D eigenvalue weighted by atomic mass is 16.6. The summed E-state index contributed by atoms with van der Waals surface area (Å²) in [7, 11) is 0. The molecule has 51 heavy (non-hydrogen) atoms. The van der Waals surface area contributed by atoms with E-state index in [9.17, 15) is 5.11 Å². The molecule has 0 unspecified atom stereocenters. The van der Waals surface area contributed by atoms with E-state index >= 15 is 0 Å². The molecule has 0 bridgehead atoms. The van der Waals surface area contributed by atoms with Crippen LogP contribution in [0.15, 0.2) is 182 Å². The van der Waals surface area contributed by atoms with Gasteiger partial charge in [0.25, 0.3) is 0 Å². The number of hydrogen-bond acceptors (Lipinski definition) is 5. The first-order valence-electron chi connectivity index (χ1n) is 17.6. The Kier molecular flexibility index (Phi) is 13.0. The van der Waals surface area contributed by atoms with E-state index in [0.717, 1.165) is 33.4 Å². The van der Waals surface area contributed by atoms with Gasteiger partial charge in [-0.3, -0.25) is 0 Å². The summed E-state index contributed by atoms with van der Waals surface area (Å²) in [6.45, 7) is 2.79. The highest BCUT2D eigenvalue weighted by Crippen LogP contribution is 2.41. The summed E-state index contributed by atoms with van der Waals surface area (Å²) in [5.41, 5.74) is 5.00. The second-order valence-electron chi connectivity index (χ2n) is 12.7. The third-order valence-electron chi connectivity index (χ3n) is 9.05. The average Bonchev–Trinajstić information content (AvgIpc) is 3.20. The molecule has 0 radical (unpaired) electrons. The molecular weight excluding hydrogens is 633 g/mol. The first kappa shape index (κ1) is 35.9. The van der Waals surface area contributed by atoms with Gasteiger partial charge in [0.05, 0.1) is 32.5 Å². The number of benzene rings is 6. The zero-order chi connectivity index (χ0) is 35.1. The molecule has 6 aromatic carbocycles. The van der Waals surface area contributed by atoms with E-state index in [0.29, 0.717) is 19.8 Å². The monoisotopic (exact) mass is 678 g/mol. The molecule has 260 valence electrons. The van der Waals surface area contributed by atoms with E-state index < -0.39 is 30.0 Å². The maximum absolute atomic E-state index is 11.4. The van der Waals surface area contributed by atoms with Crippen molar-refractivity contribution >= 4 is 0 Å². The Morgan fingerprint density at radius 1 is 0.431 bits per heavy atom. The first-order chi connectivity index (χ1) is 25.1. The van der Waals surface area contributed by atoms with Gasteiger partial charge in [0.1, 0.15) is 23.9 Å². The van der Waals surface area contributed by atoms with Gasteiger partial charge in [0.15, 0.2) is 0 Å². The van der Waals surface area contributed by atoms with Crippen molar-refractivity contribution in [3.8, 4) is 0 Å². The fraction of sp³-hybridized carbons (Fsp3) is 0.217. The molecule has 0 aliphatic carbocycles. The van der Waals surface area contributed by atoms with E-state index in [1.807, 2.05) is 146 Å². The molecule has 5 heteroatoms. The van der Waals surface area contributed by atoms with Crippen LogP contribution >= 0.6 is 0 Å². The van der Waals surface area contributed by atoms with Crippen molar-refractivity contribution in [2.45, 2.75) is 56.8 Å².